The van der Waals surface area contributed by atoms with Crippen molar-refractivity contribution in [2.24, 2.45) is 17.8 Å². The van der Waals surface area contributed by atoms with Crippen molar-refractivity contribution in [3.05, 3.63) is 23.8 Å². The summed E-state index contributed by atoms with van der Waals surface area (Å²) in [4.78, 5) is 8.90. The average molecular weight is 245 g/mol. The summed E-state index contributed by atoms with van der Waals surface area (Å²) in [6, 6.07) is 0.377. The second-order valence-corrected chi connectivity index (χ2v) is 6.09. The molecule has 1 N–H and O–H groups in total. The minimum Gasteiger partial charge on any atom is -0.312 e. The Morgan fingerprint density at radius 1 is 1.28 bits per heavy atom. The molecule has 0 aliphatic heterocycles. The number of hydrogen-bond acceptors (Lipinski definition) is 3. The van der Waals surface area contributed by atoms with E-state index in [0.717, 1.165) is 29.1 Å². The highest BCUT2D eigenvalue weighted by Gasteiger charge is 2.40. The summed E-state index contributed by atoms with van der Waals surface area (Å²) in [5.41, 5.74) is 2.10. The molecule has 2 bridgehead atoms. The molecule has 4 atom stereocenters. The zero-order chi connectivity index (χ0) is 12.5. The fourth-order valence-corrected chi connectivity index (χ4v) is 3.94. The zero-order valence-electron chi connectivity index (χ0n) is 11.4. The highest BCUT2D eigenvalue weighted by molar-refractivity contribution is 5.07. The number of hydrogen-bond donors (Lipinski definition) is 1. The Labute approximate surface area is 109 Å². The van der Waals surface area contributed by atoms with E-state index in [-0.39, 0.29) is 0 Å². The van der Waals surface area contributed by atoms with Gasteiger partial charge in [-0.25, -0.2) is 0 Å². The van der Waals surface area contributed by atoms with Gasteiger partial charge in [0.1, 0.15) is 0 Å². The third-order valence-corrected chi connectivity index (χ3v) is 4.93. The fourth-order valence-electron chi connectivity index (χ4n) is 3.94. The molecule has 3 heteroatoms. The number of nitrogens with zero attached hydrogens (tertiary/aromatic N) is 2. The highest BCUT2D eigenvalue weighted by atomic mass is 14.9. The summed E-state index contributed by atoms with van der Waals surface area (Å²) in [5.74, 6) is 2.93. The van der Waals surface area contributed by atoms with Gasteiger partial charge in [0.25, 0.3) is 0 Å². The molecule has 0 amide bonds. The summed E-state index contributed by atoms with van der Waals surface area (Å²) in [5, 5.41) is 3.42. The predicted molar refractivity (Wildman–Crippen MR) is 72.1 cm³/mol. The number of aryl methyl sites for hydroxylation is 1. The minimum atomic E-state index is 0.377. The van der Waals surface area contributed by atoms with Crippen molar-refractivity contribution in [1.82, 2.24) is 15.3 Å². The molecule has 0 spiro atoms. The first-order valence-electron chi connectivity index (χ1n) is 7.22. The molecular weight excluding hydrogens is 222 g/mol. The lowest BCUT2D eigenvalue weighted by Gasteiger charge is -2.26. The summed E-state index contributed by atoms with van der Waals surface area (Å²) < 4.78 is 0. The number of rotatable bonds is 4. The van der Waals surface area contributed by atoms with E-state index in [9.17, 15) is 0 Å². The first-order chi connectivity index (χ1) is 8.76. The van der Waals surface area contributed by atoms with Crippen molar-refractivity contribution in [3.8, 4) is 0 Å². The molecule has 98 valence electrons. The zero-order valence-corrected chi connectivity index (χ0v) is 11.4. The quantitative estimate of drug-likeness (QED) is 0.886. The van der Waals surface area contributed by atoms with Gasteiger partial charge in [-0.3, -0.25) is 9.97 Å². The molecule has 1 aromatic rings. The van der Waals surface area contributed by atoms with Crippen LogP contribution in [0, 0.1) is 24.7 Å². The molecule has 18 heavy (non-hydrogen) atoms. The molecule has 2 saturated carbocycles. The van der Waals surface area contributed by atoms with Gasteiger partial charge in [-0.05, 0) is 57.4 Å². The van der Waals surface area contributed by atoms with Crippen LogP contribution in [0.15, 0.2) is 12.4 Å². The molecule has 1 aromatic heterocycles. The largest absolute Gasteiger partial charge is 0.312 e. The van der Waals surface area contributed by atoms with Crippen molar-refractivity contribution >= 4 is 0 Å². The molecule has 2 fully saturated rings. The van der Waals surface area contributed by atoms with Crippen molar-refractivity contribution in [3.63, 3.8) is 0 Å². The average Bonchev–Trinajstić information content (AvgIpc) is 2.99. The monoisotopic (exact) mass is 245 g/mol. The van der Waals surface area contributed by atoms with Crippen LogP contribution in [0.1, 0.15) is 49.5 Å². The Hall–Kier alpha value is -0.960. The maximum Gasteiger partial charge on any atom is 0.0756 e. The van der Waals surface area contributed by atoms with Crippen LogP contribution in [0.5, 0.6) is 0 Å². The second kappa shape index (κ2) is 4.96. The Morgan fingerprint density at radius 3 is 2.72 bits per heavy atom. The molecule has 1 heterocycles. The topological polar surface area (TPSA) is 37.8 Å². The van der Waals surface area contributed by atoms with Gasteiger partial charge < -0.3 is 5.32 Å². The van der Waals surface area contributed by atoms with E-state index in [1.807, 2.05) is 26.4 Å². The van der Waals surface area contributed by atoms with Crippen LogP contribution in [0.4, 0.5) is 0 Å². The lowest BCUT2D eigenvalue weighted by Crippen LogP contribution is -2.23. The minimum absolute atomic E-state index is 0.377. The van der Waals surface area contributed by atoms with Crippen LogP contribution in [0.3, 0.4) is 0 Å². The van der Waals surface area contributed by atoms with Crippen LogP contribution in [0.2, 0.25) is 0 Å². The molecule has 3 rings (SSSR count). The number of nitrogens with one attached hydrogen (secondary N) is 1. The SMILES string of the molecule is CNC(CC1CC2CCC1C2)c1cnc(C)cn1. The van der Waals surface area contributed by atoms with E-state index < -0.39 is 0 Å². The highest BCUT2D eigenvalue weighted by Crippen LogP contribution is 2.50. The smallest absolute Gasteiger partial charge is 0.0756 e. The van der Waals surface area contributed by atoms with Gasteiger partial charge in [0.15, 0.2) is 0 Å². The van der Waals surface area contributed by atoms with Gasteiger partial charge in [-0.15, -0.1) is 0 Å². The third kappa shape index (κ3) is 2.28. The lowest BCUT2D eigenvalue weighted by molar-refractivity contribution is 0.282. The van der Waals surface area contributed by atoms with E-state index in [1.165, 1.54) is 32.1 Å². The lowest BCUT2D eigenvalue weighted by atomic mass is 9.83. The van der Waals surface area contributed by atoms with E-state index in [1.54, 1.807) is 0 Å². The van der Waals surface area contributed by atoms with Gasteiger partial charge >= 0.3 is 0 Å². The van der Waals surface area contributed by atoms with Crippen molar-refractivity contribution in [2.75, 3.05) is 7.05 Å². The predicted octanol–water partition coefficient (Wildman–Crippen LogP) is 2.87. The first-order valence-corrected chi connectivity index (χ1v) is 7.22. The first kappa shape index (κ1) is 12.1. The van der Waals surface area contributed by atoms with Gasteiger partial charge in [-0.2, -0.15) is 0 Å². The Kier molecular flexibility index (Phi) is 3.33. The van der Waals surface area contributed by atoms with Crippen molar-refractivity contribution in [2.45, 2.75) is 45.1 Å². The maximum absolute atomic E-state index is 4.53. The molecular formula is C15H23N3. The van der Waals surface area contributed by atoms with Gasteiger partial charge in [0.05, 0.1) is 23.6 Å². The summed E-state index contributed by atoms with van der Waals surface area (Å²) in [6.07, 6.45) is 10.9. The summed E-state index contributed by atoms with van der Waals surface area (Å²) >= 11 is 0. The molecule has 3 nitrogen and oxygen atoms in total. The van der Waals surface area contributed by atoms with E-state index >= 15 is 0 Å². The normalized spacial score (nSPS) is 31.8. The standard InChI is InChI=1S/C15H23N3/c1-10-8-18-15(9-17-10)14(16-2)7-13-6-11-3-4-12(13)5-11/h8-9,11-14,16H,3-7H2,1-2H3. The number of aromatic nitrogens is 2. The van der Waals surface area contributed by atoms with E-state index in [0.29, 0.717) is 6.04 Å². The molecule has 4 unspecified atom stereocenters. The van der Waals surface area contributed by atoms with Crippen molar-refractivity contribution in [1.29, 1.82) is 0 Å². The molecule has 2 aliphatic rings. The Balaban J connectivity index is 1.67. The molecule has 0 radical (unpaired) electrons. The maximum atomic E-state index is 4.53. The van der Waals surface area contributed by atoms with Crippen LogP contribution < -0.4 is 5.32 Å². The summed E-state index contributed by atoms with van der Waals surface area (Å²) in [6.45, 7) is 1.99. The van der Waals surface area contributed by atoms with Crippen LogP contribution in [0.25, 0.3) is 0 Å². The molecule has 0 saturated heterocycles. The van der Waals surface area contributed by atoms with E-state index in [4.69, 9.17) is 0 Å². The van der Waals surface area contributed by atoms with Crippen LogP contribution >= 0.6 is 0 Å². The van der Waals surface area contributed by atoms with Crippen LogP contribution in [-0.4, -0.2) is 17.0 Å². The Bertz CT molecular complexity index is 401. The fraction of sp³-hybridized carbons (Fsp3) is 0.733. The Morgan fingerprint density at radius 2 is 2.17 bits per heavy atom. The van der Waals surface area contributed by atoms with Crippen molar-refractivity contribution < 1.29 is 0 Å². The van der Waals surface area contributed by atoms with Gasteiger partial charge in [-0.1, -0.05) is 6.42 Å². The second-order valence-electron chi connectivity index (χ2n) is 6.09. The van der Waals surface area contributed by atoms with E-state index in [2.05, 4.69) is 15.3 Å². The number of fused-ring (bicyclic) bond motifs is 2. The van der Waals surface area contributed by atoms with Gasteiger partial charge in [0.2, 0.25) is 0 Å². The van der Waals surface area contributed by atoms with Gasteiger partial charge in [0, 0.05) is 6.20 Å². The third-order valence-electron chi connectivity index (χ3n) is 4.93. The summed E-state index contributed by atoms with van der Waals surface area (Å²) in [7, 11) is 2.04. The van der Waals surface area contributed by atoms with Crippen LogP contribution in [-0.2, 0) is 0 Å². The molecule has 0 aromatic carbocycles. The molecule has 2 aliphatic carbocycles.